The van der Waals surface area contributed by atoms with Gasteiger partial charge < -0.3 is 30.3 Å². The van der Waals surface area contributed by atoms with Gasteiger partial charge in [0.1, 0.15) is 5.75 Å². The molecule has 1 unspecified atom stereocenters. The Bertz CT molecular complexity index is 1020. The third-order valence-electron chi connectivity index (χ3n) is 8.40. The van der Waals surface area contributed by atoms with E-state index >= 15 is 0 Å². The van der Waals surface area contributed by atoms with Crippen LogP contribution in [-0.4, -0.2) is 109 Å². The molecule has 1 atom stereocenters. The SMILES string of the molecule is Oc1ccccc1-c1cc2c(nn1)NCC1CN(C3CCN(CCOC4CCNCC4)CC3)CCN21. The van der Waals surface area contributed by atoms with Crippen LogP contribution in [0.5, 0.6) is 5.75 Å². The van der Waals surface area contributed by atoms with Gasteiger partial charge in [-0.25, -0.2) is 0 Å². The lowest BCUT2D eigenvalue weighted by Gasteiger charge is -2.49. The summed E-state index contributed by atoms with van der Waals surface area (Å²) in [5, 5.41) is 26.0. The van der Waals surface area contributed by atoms with Crippen LogP contribution < -0.4 is 15.5 Å². The van der Waals surface area contributed by atoms with Crippen molar-refractivity contribution in [3.63, 3.8) is 0 Å². The third kappa shape index (κ3) is 5.16. The maximum Gasteiger partial charge on any atom is 0.172 e. The molecule has 6 rings (SSSR count). The summed E-state index contributed by atoms with van der Waals surface area (Å²) in [6, 6.07) is 10.5. The number of piperidine rings is 2. The molecule has 9 heteroatoms. The van der Waals surface area contributed by atoms with Crippen LogP contribution in [0.25, 0.3) is 11.3 Å². The number of nitrogens with zero attached hydrogens (tertiary/aromatic N) is 5. The molecule has 3 fully saturated rings. The van der Waals surface area contributed by atoms with Gasteiger partial charge in [-0.1, -0.05) is 12.1 Å². The second-order valence-corrected chi connectivity index (χ2v) is 10.6. The molecule has 0 radical (unpaired) electrons. The molecule has 0 saturated carbocycles. The zero-order valence-electron chi connectivity index (χ0n) is 21.1. The van der Waals surface area contributed by atoms with Crippen LogP contribution in [0.1, 0.15) is 25.7 Å². The summed E-state index contributed by atoms with van der Waals surface area (Å²) < 4.78 is 6.13. The molecular formula is C27H39N7O2. The fourth-order valence-electron chi connectivity index (χ4n) is 6.28. The summed E-state index contributed by atoms with van der Waals surface area (Å²) in [6.07, 6.45) is 5.24. The highest BCUT2D eigenvalue weighted by Crippen LogP contribution is 2.36. The Morgan fingerprint density at radius 2 is 1.81 bits per heavy atom. The van der Waals surface area contributed by atoms with Crippen molar-refractivity contribution in [2.24, 2.45) is 0 Å². The highest BCUT2D eigenvalue weighted by Gasteiger charge is 2.36. The minimum Gasteiger partial charge on any atom is -0.507 e. The number of anilines is 2. The van der Waals surface area contributed by atoms with Crippen molar-refractivity contribution >= 4 is 11.5 Å². The zero-order valence-corrected chi connectivity index (χ0v) is 21.1. The first kappa shape index (κ1) is 23.9. The lowest BCUT2D eigenvalue weighted by molar-refractivity contribution is 0.0117. The Morgan fingerprint density at radius 1 is 0.972 bits per heavy atom. The van der Waals surface area contributed by atoms with Gasteiger partial charge in [-0.2, -0.15) is 0 Å². The molecule has 0 amide bonds. The Labute approximate surface area is 213 Å². The molecule has 0 spiro atoms. The topological polar surface area (TPSA) is 89.0 Å². The molecule has 5 heterocycles. The monoisotopic (exact) mass is 493 g/mol. The van der Waals surface area contributed by atoms with Crippen molar-refractivity contribution < 1.29 is 9.84 Å². The fraction of sp³-hybridized carbons (Fsp3) is 0.630. The number of hydrogen-bond donors (Lipinski definition) is 3. The van der Waals surface area contributed by atoms with Crippen LogP contribution in [0.3, 0.4) is 0 Å². The van der Waals surface area contributed by atoms with E-state index in [9.17, 15) is 5.11 Å². The molecule has 0 aliphatic carbocycles. The van der Waals surface area contributed by atoms with Gasteiger partial charge in [0, 0.05) is 44.3 Å². The van der Waals surface area contributed by atoms with Crippen molar-refractivity contribution in [2.45, 2.75) is 43.9 Å². The second-order valence-electron chi connectivity index (χ2n) is 10.6. The Morgan fingerprint density at radius 3 is 2.64 bits per heavy atom. The highest BCUT2D eigenvalue weighted by molar-refractivity contribution is 5.76. The maximum absolute atomic E-state index is 10.3. The van der Waals surface area contributed by atoms with Gasteiger partial charge in [0.25, 0.3) is 0 Å². The number of phenolic OH excluding ortho intramolecular Hbond substituents is 1. The molecule has 194 valence electrons. The van der Waals surface area contributed by atoms with Crippen molar-refractivity contribution in [1.82, 2.24) is 25.3 Å². The largest absolute Gasteiger partial charge is 0.507 e. The maximum atomic E-state index is 10.3. The molecule has 9 nitrogen and oxygen atoms in total. The van der Waals surface area contributed by atoms with E-state index in [-0.39, 0.29) is 5.75 Å². The molecule has 1 aromatic heterocycles. The average molecular weight is 494 g/mol. The van der Waals surface area contributed by atoms with E-state index in [4.69, 9.17) is 4.74 Å². The van der Waals surface area contributed by atoms with Crippen molar-refractivity contribution in [3.05, 3.63) is 30.3 Å². The molecule has 4 aliphatic heterocycles. The van der Waals surface area contributed by atoms with Gasteiger partial charge in [-0.3, -0.25) is 4.90 Å². The molecule has 0 bridgehead atoms. The number of ether oxygens (including phenoxy) is 1. The molecule has 3 N–H and O–H groups in total. The molecule has 1 aromatic carbocycles. The first-order chi connectivity index (χ1) is 17.7. The number of hydrogen-bond acceptors (Lipinski definition) is 9. The minimum absolute atomic E-state index is 0.237. The smallest absolute Gasteiger partial charge is 0.172 e. The lowest BCUT2D eigenvalue weighted by atomic mass is 9.99. The van der Waals surface area contributed by atoms with Crippen LogP contribution in [0.15, 0.2) is 30.3 Å². The number of para-hydroxylation sites is 1. The quantitative estimate of drug-likeness (QED) is 0.559. The van der Waals surface area contributed by atoms with E-state index in [1.165, 1.54) is 25.9 Å². The Kier molecular flexibility index (Phi) is 7.23. The van der Waals surface area contributed by atoms with Crippen LogP contribution in [0.2, 0.25) is 0 Å². The summed E-state index contributed by atoms with van der Waals surface area (Å²) in [4.78, 5) is 7.80. The van der Waals surface area contributed by atoms with Gasteiger partial charge in [0.2, 0.25) is 0 Å². The van der Waals surface area contributed by atoms with Crippen LogP contribution in [-0.2, 0) is 4.74 Å². The number of fused-ring (bicyclic) bond motifs is 3. The van der Waals surface area contributed by atoms with E-state index in [0.29, 0.717) is 23.9 Å². The van der Waals surface area contributed by atoms with Gasteiger partial charge >= 0.3 is 0 Å². The van der Waals surface area contributed by atoms with Gasteiger partial charge in [-0.15, -0.1) is 10.2 Å². The predicted octanol–water partition coefficient (Wildman–Crippen LogP) is 2.00. The van der Waals surface area contributed by atoms with E-state index in [1.807, 2.05) is 18.2 Å². The van der Waals surface area contributed by atoms with Crippen molar-refractivity contribution in [2.75, 3.05) is 75.7 Å². The van der Waals surface area contributed by atoms with Crippen molar-refractivity contribution in [3.8, 4) is 17.0 Å². The van der Waals surface area contributed by atoms with E-state index in [1.54, 1.807) is 6.07 Å². The summed E-state index contributed by atoms with van der Waals surface area (Å²) in [5.74, 6) is 1.08. The van der Waals surface area contributed by atoms with Gasteiger partial charge in [0.05, 0.1) is 30.1 Å². The number of nitrogens with one attached hydrogen (secondary N) is 2. The van der Waals surface area contributed by atoms with Gasteiger partial charge in [-0.05, 0) is 70.1 Å². The fourth-order valence-corrected chi connectivity index (χ4v) is 6.28. The number of rotatable bonds is 6. The van der Waals surface area contributed by atoms with Gasteiger partial charge in [0.15, 0.2) is 5.82 Å². The number of piperazine rings is 1. The average Bonchev–Trinajstić information content (AvgIpc) is 2.94. The van der Waals surface area contributed by atoms with Crippen LogP contribution >= 0.6 is 0 Å². The first-order valence-corrected chi connectivity index (χ1v) is 13.7. The van der Waals surface area contributed by atoms with Crippen LogP contribution in [0.4, 0.5) is 11.5 Å². The molecule has 3 saturated heterocycles. The molecule has 36 heavy (non-hydrogen) atoms. The third-order valence-corrected chi connectivity index (χ3v) is 8.40. The van der Waals surface area contributed by atoms with E-state index in [0.717, 1.165) is 82.3 Å². The molecular weight excluding hydrogens is 454 g/mol. The van der Waals surface area contributed by atoms with Crippen molar-refractivity contribution in [1.29, 1.82) is 0 Å². The number of likely N-dealkylation sites (tertiary alicyclic amines) is 1. The van der Waals surface area contributed by atoms with E-state index in [2.05, 4.69) is 41.6 Å². The lowest BCUT2D eigenvalue weighted by Crippen LogP contribution is -2.61. The zero-order chi connectivity index (χ0) is 24.3. The highest BCUT2D eigenvalue weighted by atomic mass is 16.5. The summed E-state index contributed by atoms with van der Waals surface area (Å²) in [5.41, 5.74) is 2.54. The summed E-state index contributed by atoms with van der Waals surface area (Å²) in [7, 11) is 0. The summed E-state index contributed by atoms with van der Waals surface area (Å²) in [6.45, 7) is 10.5. The number of phenols is 1. The minimum atomic E-state index is 0.237. The summed E-state index contributed by atoms with van der Waals surface area (Å²) >= 11 is 0. The molecule has 2 aromatic rings. The number of aromatic hydroxyl groups is 1. The number of aromatic nitrogens is 2. The first-order valence-electron chi connectivity index (χ1n) is 13.7. The Balaban J connectivity index is 1.02. The second kappa shape index (κ2) is 10.9. The number of benzene rings is 1. The normalized spacial score (nSPS) is 24.2. The molecule has 4 aliphatic rings. The predicted molar refractivity (Wildman–Crippen MR) is 142 cm³/mol. The standard InChI is InChI=1S/C27H39N7O2/c35-26-4-2-1-3-23(26)24-17-25-27(31-30-24)29-18-21-19-33(13-14-34(21)25)20-7-11-32(12-8-20)15-16-36-22-5-9-28-10-6-22/h1-4,17,20-22,28,35H,5-16,18-19H2,(H,29,31). The van der Waals surface area contributed by atoms with E-state index < -0.39 is 0 Å². The van der Waals surface area contributed by atoms with Crippen LogP contribution in [0, 0.1) is 0 Å². The Hall–Kier alpha value is -2.46.